The van der Waals surface area contributed by atoms with E-state index in [4.69, 9.17) is 0 Å². The van der Waals surface area contributed by atoms with Crippen molar-refractivity contribution in [3.05, 3.63) is 47.5 Å². The van der Waals surface area contributed by atoms with Gasteiger partial charge in [0.2, 0.25) is 10.0 Å². The Labute approximate surface area is 125 Å². The summed E-state index contributed by atoms with van der Waals surface area (Å²) in [4.78, 5) is 7.94. The van der Waals surface area contributed by atoms with Gasteiger partial charge in [-0.3, -0.25) is 0 Å². The van der Waals surface area contributed by atoms with Gasteiger partial charge < -0.3 is 4.98 Å². The fourth-order valence-corrected chi connectivity index (χ4v) is 4.52. The molecule has 0 aliphatic carbocycles. The van der Waals surface area contributed by atoms with Crippen molar-refractivity contribution in [2.24, 2.45) is 0 Å². The van der Waals surface area contributed by atoms with Crippen molar-refractivity contribution in [2.75, 3.05) is 13.1 Å². The van der Waals surface area contributed by atoms with E-state index in [1.54, 1.807) is 22.6 Å². The molecule has 5 nitrogen and oxygen atoms in total. The third kappa shape index (κ3) is 2.61. The minimum absolute atomic E-state index is 0.150. The number of hydrogen-bond donors (Lipinski definition) is 1. The number of nitrogens with one attached hydrogen (secondary N) is 1. The maximum atomic E-state index is 12.7. The molecule has 0 saturated carbocycles. The first-order valence-electron chi connectivity index (χ1n) is 7.06. The minimum Gasteiger partial charge on any atom is -0.346 e. The van der Waals surface area contributed by atoms with Crippen LogP contribution in [0.4, 0.5) is 0 Å². The van der Waals surface area contributed by atoms with Crippen LogP contribution in [0, 0.1) is 13.8 Å². The van der Waals surface area contributed by atoms with Gasteiger partial charge in [-0.15, -0.1) is 0 Å². The van der Waals surface area contributed by atoms with Crippen LogP contribution in [-0.4, -0.2) is 35.8 Å². The van der Waals surface area contributed by atoms with Gasteiger partial charge in [-0.25, -0.2) is 13.4 Å². The Kier molecular flexibility index (Phi) is 3.59. The average molecular weight is 305 g/mol. The fourth-order valence-electron chi connectivity index (χ4n) is 2.80. The Morgan fingerprint density at radius 3 is 2.71 bits per heavy atom. The summed E-state index contributed by atoms with van der Waals surface area (Å²) in [6.45, 7) is 4.81. The molecule has 0 spiro atoms. The molecule has 0 radical (unpaired) electrons. The van der Waals surface area contributed by atoms with Crippen LogP contribution in [0.3, 0.4) is 0 Å². The molecule has 112 valence electrons. The van der Waals surface area contributed by atoms with Gasteiger partial charge in [0.15, 0.2) is 0 Å². The Bertz CT molecular complexity index is 752. The van der Waals surface area contributed by atoms with Gasteiger partial charge in [-0.2, -0.15) is 4.31 Å². The summed E-state index contributed by atoms with van der Waals surface area (Å²) in [7, 11) is -3.41. The summed E-state index contributed by atoms with van der Waals surface area (Å²) in [5, 5.41) is 0. The zero-order valence-corrected chi connectivity index (χ0v) is 13.0. The number of aryl methyl sites for hydroxylation is 2. The topological polar surface area (TPSA) is 66.1 Å². The minimum atomic E-state index is -3.41. The maximum absolute atomic E-state index is 12.7. The third-order valence-electron chi connectivity index (χ3n) is 3.97. The van der Waals surface area contributed by atoms with Crippen molar-refractivity contribution in [3.63, 3.8) is 0 Å². The molecule has 21 heavy (non-hydrogen) atoms. The zero-order chi connectivity index (χ0) is 15.0. The Morgan fingerprint density at radius 1 is 1.29 bits per heavy atom. The van der Waals surface area contributed by atoms with E-state index in [1.165, 1.54) is 0 Å². The van der Waals surface area contributed by atoms with Crippen molar-refractivity contribution < 1.29 is 8.42 Å². The number of nitrogens with zero attached hydrogens (tertiary/aromatic N) is 2. The second-order valence-corrected chi connectivity index (χ2v) is 7.47. The standard InChI is InChI=1S/C15H19N3O2S/c1-11-5-3-4-6-14(11)21(19,20)18-8-7-13(10-18)15-16-9-12(2)17-15/h3-6,9,13H,7-8,10H2,1-2H3,(H,16,17). The SMILES string of the molecule is Cc1cnc(C2CCN(S(=O)(=O)c3ccccc3C)C2)[nH]1. The molecule has 1 aromatic heterocycles. The Balaban J connectivity index is 1.84. The van der Waals surface area contributed by atoms with Gasteiger partial charge in [-0.1, -0.05) is 18.2 Å². The van der Waals surface area contributed by atoms with E-state index in [9.17, 15) is 8.42 Å². The number of aromatic amines is 1. The van der Waals surface area contributed by atoms with Crippen molar-refractivity contribution in [1.29, 1.82) is 0 Å². The summed E-state index contributed by atoms with van der Waals surface area (Å²) >= 11 is 0. The smallest absolute Gasteiger partial charge is 0.243 e. The van der Waals surface area contributed by atoms with Gasteiger partial charge in [0.25, 0.3) is 0 Å². The maximum Gasteiger partial charge on any atom is 0.243 e. The molecule has 3 rings (SSSR count). The average Bonchev–Trinajstić information content (AvgIpc) is 3.07. The largest absolute Gasteiger partial charge is 0.346 e. The predicted octanol–water partition coefficient (Wildman–Crippen LogP) is 2.20. The van der Waals surface area contributed by atoms with Crippen LogP contribution in [0.5, 0.6) is 0 Å². The van der Waals surface area contributed by atoms with Crippen LogP contribution in [0.25, 0.3) is 0 Å². The molecule has 0 bridgehead atoms. The van der Waals surface area contributed by atoms with E-state index < -0.39 is 10.0 Å². The van der Waals surface area contributed by atoms with Crippen molar-refractivity contribution in [1.82, 2.24) is 14.3 Å². The van der Waals surface area contributed by atoms with Crippen LogP contribution in [-0.2, 0) is 10.0 Å². The molecule has 1 fully saturated rings. The summed E-state index contributed by atoms with van der Waals surface area (Å²) in [6, 6.07) is 7.13. The second kappa shape index (κ2) is 5.27. The Morgan fingerprint density at radius 2 is 2.05 bits per heavy atom. The highest BCUT2D eigenvalue weighted by Crippen LogP contribution is 2.30. The lowest BCUT2D eigenvalue weighted by molar-refractivity contribution is 0.471. The van der Waals surface area contributed by atoms with Gasteiger partial charge in [0.05, 0.1) is 4.90 Å². The molecule has 0 amide bonds. The van der Waals surface area contributed by atoms with Crippen molar-refractivity contribution in [2.45, 2.75) is 31.1 Å². The monoisotopic (exact) mass is 305 g/mol. The van der Waals surface area contributed by atoms with Gasteiger partial charge in [0.1, 0.15) is 5.82 Å². The normalized spacial score (nSPS) is 20.0. The molecule has 1 saturated heterocycles. The molecule has 1 aliphatic rings. The molecule has 1 N–H and O–H groups in total. The second-order valence-electron chi connectivity index (χ2n) is 5.57. The lowest BCUT2D eigenvalue weighted by atomic mass is 10.1. The van der Waals surface area contributed by atoms with E-state index in [1.807, 2.05) is 26.0 Å². The van der Waals surface area contributed by atoms with Crippen molar-refractivity contribution in [3.8, 4) is 0 Å². The first-order chi connectivity index (χ1) is 9.98. The lowest BCUT2D eigenvalue weighted by Crippen LogP contribution is -2.29. The third-order valence-corrected chi connectivity index (χ3v) is 6.00. The first-order valence-corrected chi connectivity index (χ1v) is 8.50. The molecule has 1 atom stereocenters. The van der Waals surface area contributed by atoms with Crippen LogP contribution < -0.4 is 0 Å². The number of aromatic nitrogens is 2. The van der Waals surface area contributed by atoms with Crippen LogP contribution in [0.1, 0.15) is 29.4 Å². The zero-order valence-electron chi connectivity index (χ0n) is 12.2. The summed E-state index contributed by atoms with van der Waals surface area (Å²) in [6.07, 6.45) is 2.59. The Hall–Kier alpha value is -1.66. The molecular weight excluding hydrogens is 286 g/mol. The molecule has 1 aliphatic heterocycles. The summed E-state index contributed by atoms with van der Waals surface area (Å²) in [5.74, 6) is 1.03. The van der Waals surface area contributed by atoms with E-state index in [0.717, 1.165) is 23.5 Å². The lowest BCUT2D eigenvalue weighted by Gasteiger charge is -2.17. The quantitative estimate of drug-likeness (QED) is 0.945. The molecular formula is C15H19N3O2S. The van der Waals surface area contributed by atoms with E-state index in [2.05, 4.69) is 9.97 Å². The van der Waals surface area contributed by atoms with E-state index in [0.29, 0.717) is 18.0 Å². The van der Waals surface area contributed by atoms with Crippen LogP contribution in [0.2, 0.25) is 0 Å². The van der Waals surface area contributed by atoms with E-state index >= 15 is 0 Å². The molecule has 2 aromatic rings. The van der Waals surface area contributed by atoms with Crippen LogP contribution in [0.15, 0.2) is 35.4 Å². The van der Waals surface area contributed by atoms with Gasteiger partial charge in [0, 0.05) is 30.9 Å². The highest BCUT2D eigenvalue weighted by atomic mass is 32.2. The molecule has 1 unspecified atom stereocenters. The van der Waals surface area contributed by atoms with Gasteiger partial charge in [-0.05, 0) is 31.9 Å². The molecule has 6 heteroatoms. The highest BCUT2D eigenvalue weighted by Gasteiger charge is 2.34. The molecule has 2 heterocycles. The molecule has 1 aromatic carbocycles. The number of H-pyrrole nitrogens is 1. The highest BCUT2D eigenvalue weighted by molar-refractivity contribution is 7.89. The number of imidazole rings is 1. The number of sulfonamides is 1. The predicted molar refractivity (Wildman–Crippen MR) is 80.6 cm³/mol. The van der Waals surface area contributed by atoms with Crippen molar-refractivity contribution >= 4 is 10.0 Å². The van der Waals surface area contributed by atoms with Gasteiger partial charge >= 0.3 is 0 Å². The van der Waals surface area contributed by atoms with E-state index in [-0.39, 0.29) is 5.92 Å². The summed E-state index contributed by atoms with van der Waals surface area (Å²) in [5.41, 5.74) is 1.79. The van der Waals surface area contributed by atoms with Crippen LogP contribution >= 0.6 is 0 Å². The number of rotatable bonds is 3. The first kappa shape index (κ1) is 14.3. The number of hydrogen-bond acceptors (Lipinski definition) is 3. The number of benzene rings is 1. The summed E-state index contributed by atoms with van der Waals surface area (Å²) < 4.78 is 27.0. The fraction of sp³-hybridized carbons (Fsp3) is 0.400.